The van der Waals surface area contributed by atoms with Crippen LogP contribution in [0.3, 0.4) is 0 Å². The largest absolute Gasteiger partial charge is 0.490 e. The number of amides is 1. The van der Waals surface area contributed by atoms with Crippen LogP contribution >= 0.6 is 11.6 Å². The van der Waals surface area contributed by atoms with E-state index in [1.807, 2.05) is 20.8 Å². The lowest BCUT2D eigenvalue weighted by molar-refractivity contribution is 0.00911. The van der Waals surface area contributed by atoms with Crippen molar-refractivity contribution in [3.05, 3.63) is 29.2 Å². The lowest BCUT2D eigenvalue weighted by atomic mass is 10.1. The highest BCUT2D eigenvalue weighted by Crippen LogP contribution is 2.33. The zero-order valence-electron chi connectivity index (χ0n) is 15.8. The highest BCUT2D eigenvalue weighted by molar-refractivity contribution is 6.29. The molecule has 0 unspecified atom stereocenters. The van der Waals surface area contributed by atoms with Crippen molar-refractivity contribution in [2.75, 3.05) is 13.1 Å². The maximum absolute atomic E-state index is 12.0. The van der Waals surface area contributed by atoms with E-state index in [1.54, 1.807) is 23.4 Å². The van der Waals surface area contributed by atoms with Crippen LogP contribution in [0, 0.1) is 0 Å². The predicted molar refractivity (Wildman–Crippen MR) is 105 cm³/mol. The van der Waals surface area contributed by atoms with Gasteiger partial charge in [-0.15, -0.1) is 0 Å². The van der Waals surface area contributed by atoms with Gasteiger partial charge in [-0.2, -0.15) is 0 Å². The molecular weight excluding hydrogens is 368 g/mol. The van der Waals surface area contributed by atoms with E-state index in [0.29, 0.717) is 29.6 Å². The molecule has 1 amide bonds. The lowest BCUT2D eigenvalue weighted by Gasteiger charge is -2.37. The van der Waals surface area contributed by atoms with Crippen molar-refractivity contribution in [3.8, 4) is 5.75 Å². The number of ether oxygens (including phenoxy) is 2. The van der Waals surface area contributed by atoms with Crippen molar-refractivity contribution in [1.82, 2.24) is 9.88 Å². The number of halogens is 1. The van der Waals surface area contributed by atoms with Crippen LogP contribution in [0.2, 0.25) is 5.15 Å². The van der Waals surface area contributed by atoms with Gasteiger partial charge in [-0.05, 0) is 33.6 Å². The van der Waals surface area contributed by atoms with E-state index < -0.39 is 5.60 Å². The average molecular weight is 393 g/mol. The Hall–Kier alpha value is -2.28. The second-order valence-corrected chi connectivity index (χ2v) is 8.15. The van der Waals surface area contributed by atoms with E-state index in [0.717, 1.165) is 18.4 Å². The summed E-state index contributed by atoms with van der Waals surface area (Å²) in [5.74, 6) is 0.657. The first-order chi connectivity index (χ1) is 12.7. The van der Waals surface area contributed by atoms with E-state index >= 15 is 0 Å². The van der Waals surface area contributed by atoms with E-state index in [1.165, 1.54) is 6.20 Å². The molecule has 1 saturated heterocycles. The summed E-state index contributed by atoms with van der Waals surface area (Å²) in [5.41, 5.74) is 6.75. The zero-order valence-corrected chi connectivity index (χ0v) is 16.6. The Bertz CT molecular complexity index is 763. The molecule has 1 saturated carbocycles. The van der Waals surface area contributed by atoms with Gasteiger partial charge in [0.05, 0.1) is 12.1 Å². The van der Waals surface area contributed by atoms with Crippen LogP contribution < -0.4 is 10.5 Å². The third-order valence-corrected chi connectivity index (χ3v) is 4.29. The van der Waals surface area contributed by atoms with Gasteiger partial charge in [-0.25, -0.2) is 9.78 Å². The molecule has 1 aromatic rings. The van der Waals surface area contributed by atoms with Crippen molar-refractivity contribution in [2.24, 2.45) is 10.7 Å². The van der Waals surface area contributed by atoms with E-state index in [4.69, 9.17) is 26.8 Å². The molecule has 0 aromatic carbocycles. The number of nitrogens with zero attached hydrogens (tertiary/aromatic N) is 3. The standard InChI is InChI=1S/C19H25ClN4O3/c1-19(2,3)27-18(25)24-10-13(11-24)22-8-12(7-21)15-9-23-17(20)6-16(15)26-14-4-5-14/h6-9,13-14H,4-5,10-11,21H2,1-3H3/b12-7+,22-8?. The molecule has 1 aromatic heterocycles. The van der Waals surface area contributed by atoms with Gasteiger partial charge in [0.1, 0.15) is 16.5 Å². The number of likely N-dealkylation sites (tertiary alicyclic amines) is 1. The van der Waals surface area contributed by atoms with Gasteiger partial charge in [-0.1, -0.05) is 11.6 Å². The minimum absolute atomic E-state index is 0.0144. The summed E-state index contributed by atoms with van der Waals surface area (Å²) in [5, 5.41) is 0.370. The second-order valence-electron chi connectivity index (χ2n) is 7.76. The van der Waals surface area contributed by atoms with E-state index in [2.05, 4.69) is 9.98 Å². The summed E-state index contributed by atoms with van der Waals surface area (Å²) in [6.07, 6.45) is 6.80. The number of aliphatic imine (C=N–C) groups is 1. The summed E-state index contributed by atoms with van der Waals surface area (Å²) in [6, 6.07) is 1.71. The number of allylic oxidation sites excluding steroid dienone is 1. The molecule has 1 aliphatic heterocycles. The molecule has 146 valence electrons. The van der Waals surface area contributed by atoms with Crippen LogP contribution in [-0.2, 0) is 4.74 Å². The number of hydrogen-bond donors (Lipinski definition) is 1. The first-order valence-corrected chi connectivity index (χ1v) is 9.38. The van der Waals surface area contributed by atoms with Crippen molar-refractivity contribution in [2.45, 2.75) is 51.4 Å². The minimum atomic E-state index is -0.500. The van der Waals surface area contributed by atoms with Crippen molar-refractivity contribution in [1.29, 1.82) is 0 Å². The highest BCUT2D eigenvalue weighted by atomic mass is 35.5. The number of aromatic nitrogens is 1. The molecule has 2 aliphatic rings. The fourth-order valence-electron chi connectivity index (χ4n) is 2.51. The van der Waals surface area contributed by atoms with Gasteiger partial charge in [0.25, 0.3) is 0 Å². The first kappa shape index (κ1) is 19.5. The quantitative estimate of drug-likeness (QED) is 0.613. The number of carbonyl (C=O) groups is 1. The molecule has 8 heteroatoms. The Morgan fingerprint density at radius 1 is 1.41 bits per heavy atom. The van der Waals surface area contributed by atoms with E-state index in [-0.39, 0.29) is 18.2 Å². The van der Waals surface area contributed by atoms with Crippen LogP contribution in [0.1, 0.15) is 39.2 Å². The zero-order chi connectivity index (χ0) is 19.6. The van der Waals surface area contributed by atoms with Crippen LogP contribution in [0.15, 0.2) is 23.5 Å². The van der Waals surface area contributed by atoms with Gasteiger partial charge in [0.2, 0.25) is 0 Å². The van der Waals surface area contributed by atoms with Crippen LogP contribution in [0.4, 0.5) is 4.79 Å². The summed E-state index contributed by atoms with van der Waals surface area (Å²) in [7, 11) is 0. The molecule has 7 nitrogen and oxygen atoms in total. The third kappa shape index (κ3) is 5.35. The number of pyridine rings is 1. The molecule has 2 fully saturated rings. The maximum Gasteiger partial charge on any atom is 0.410 e. The second kappa shape index (κ2) is 7.76. The van der Waals surface area contributed by atoms with Crippen LogP contribution in [0.5, 0.6) is 5.75 Å². The van der Waals surface area contributed by atoms with Crippen molar-refractivity contribution in [3.63, 3.8) is 0 Å². The molecule has 0 bridgehead atoms. The summed E-state index contributed by atoms with van der Waals surface area (Å²) in [4.78, 5) is 22.3. The van der Waals surface area contributed by atoms with E-state index in [9.17, 15) is 4.79 Å². The number of hydrogen-bond acceptors (Lipinski definition) is 6. The third-order valence-electron chi connectivity index (χ3n) is 4.08. The van der Waals surface area contributed by atoms with Gasteiger partial charge < -0.3 is 20.1 Å². The molecule has 0 radical (unpaired) electrons. The molecular formula is C19H25ClN4O3. The van der Waals surface area contributed by atoms with Gasteiger partial charge in [0.15, 0.2) is 0 Å². The Morgan fingerprint density at radius 3 is 2.70 bits per heavy atom. The first-order valence-electron chi connectivity index (χ1n) is 9.01. The van der Waals surface area contributed by atoms with Crippen molar-refractivity contribution < 1.29 is 14.3 Å². The minimum Gasteiger partial charge on any atom is -0.490 e. The van der Waals surface area contributed by atoms with Crippen molar-refractivity contribution >= 4 is 29.5 Å². The molecule has 0 spiro atoms. The lowest BCUT2D eigenvalue weighted by Crippen LogP contribution is -2.54. The monoisotopic (exact) mass is 392 g/mol. The normalized spacial score (nSPS) is 18.5. The summed E-state index contributed by atoms with van der Waals surface area (Å²) >= 11 is 5.99. The molecule has 2 N–H and O–H groups in total. The molecule has 1 aliphatic carbocycles. The number of carbonyl (C=O) groups excluding carboxylic acids is 1. The predicted octanol–water partition coefficient (Wildman–Crippen LogP) is 3.27. The Balaban J connectivity index is 1.61. The number of nitrogens with two attached hydrogens (primary N) is 1. The SMILES string of the molecule is CC(C)(C)OC(=O)N1CC(N=C/C(=C\N)c2cnc(Cl)cc2OC2CC2)C1. The molecule has 27 heavy (non-hydrogen) atoms. The topological polar surface area (TPSA) is 90.0 Å². The summed E-state index contributed by atoms with van der Waals surface area (Å²) < 4.78 is 11.3. The molecule has 0 atom stereocenters. The smallest absolute Gasteiger partial charge is 0.410 e. The van der Waals surface area contributed by atoms with Crippen LogP contribution in [0.25, 0.3) is 5.57 Å². The Morgan fingerprint density at radius 2 is 2.11 bits per heavy atom. The van der Waals surface area contributed by atoms with Gasteiger partial charge in [-0.3, -0.25) is 4.99 Å². The summed E-state index contributed by atoms with van der Waals surface area (Å²) in [6.45, 7) is 6.58. The Kier molecular flexibility index (Phi) is 5.60. The number of rotatable bonds is 5. The maximum atomic E-state index is 12.0. The molecule has 3 rings (SSSR count). The highest BCUT2D eigenvalue weighted by Gasteiger charge is 2.33. The van der Waals surface area contributed by atoms with Crippen LogP contribution in [-0.4, -0.2) is 53.0 Å². The fourth-order valence-corrected chi connectivity index (χ4v) is 2.65. The van der Waals surface area contributed by atoms with Gasteiger partial charge in [0, 0.05) is 48.9 Å². The fraction of sp³-hybridized carbons (Fsp3) is 0.526. The average Bonchev–Trinajstić information content (AvgIpc) is 3.33. The van der Waals surface area contributed by atoms with Gasteiger partial charge >= 0.3 is 6.09 Å². The Labute approximate surface area is 164 Å². The molecule has 2 heterocycles.